The fourth-order valence-electron chi connectivity index (χ4n) is 1.07. The topological polar surface area (TPSA) is 35.5 Å². The zero-order valence-electron chi connectivity index (χ0n) is 8.74. The van der Waals surface area contributed by atoms with Crippen molar-refractivity contribution < 1.29 is 14.3 Å². The number of methoxy groups -OCH3 is 2. The van der Waals surface area contributed by atoms with Crippen LogP contribution in [0.1, 0.15) is 12.0 Å². The van der Waals surface area contributed by atoms with Crippen LogP contribution in [0.2, 0.25) is 0 Å². The van der Waals surface area contributed by atoms with Crippen LogP contribution in [-0.2, 0) is 4.79 Å². The van der Waals surface area contributed by atoms with Crippen LogP contribution < -0.4 is 9.47 Å². The first-order valence-corrected chi connectivity index (χ1v) is 4.45. The second-order valence-corrected chi connectivity index (χ2v) is 2.77. The van der Waals surface area contributed by atoms with Gasteiger partial charge in [0.25, 0.3) is 0 Å². The van der Waals surface area contributed by atoms with Crippen LogP contribution in [-0.4, -0.2) is 20.5 Å². The Morgan fingerprint density at radius 1 is 1.20 bits per heavy atom. The van der Waals surface area contributed by atoms with Crippen molar-refractivity contribution in [1.29, 1.82) is 0 Å². The molecule has 3 nitrogen and oxygen atoms in total. The van der Waals surface area contributed by atoms with Crippen molar-refractivity contribution in [3.63, 3.8) is 0 Å². The number of rotatable bonds is 3. The maximum absolute atomic E-state index is 10.1. The van der Waals surface area contributed by atoms with Gasteiger partial charge in [-0.05, 0) is 12.1 Å². The van der Waals surface area contributed by atoms with Crippen LogP contribution >= 0.6 is 0 Å². The van der Waals surface area contributed by atoms with Gasteiger partial charge in [-0.15, -0.1) is 0 Å². The molecule has 1 aromatic carbocycles. The molecule has 0 saturated heterocycles. The summed E-state index contributed by atoms with van der Waals surface area (Å²) >= 11 is 0. The number of carbonyl (C=O) groups is 1. The van der Waals surface area contributed by atoms with E-state index in [1.54, 1.807) is 32.4 Å². The molecule has 15 heavy (non-hydrogen) atoms. The molecule has 0 spiro atoms. The quantitative estimate of drug-likeness (QED) is 0.554. The lowest BCUT2D eigenvalue weighted by Gasteiger charge is -2.04. The minimum Gasteiger partial charge on any atom is -0.497 e. The lowest BCUT2D eigenvalue weighted by molar-refractivity contribution is -0.107. The molecule has 0 aliphatic heterocycles. The molecule has 0 radical (unpaired) electrons. The van der Waals surface area contributed by atoms with E-state index in [4.69, 9.17) is 9.47 Å². The first kappa shape index (κ1) is 11.1. The molecule has 0 heterocycles. The van der Waals surface area contributed by atoms with Crippen molar-refractivity contribution in [3.05, 3.63) is 23.8 Å². The van der Waals surface area contributed by atoms with E-state index in [-0.39, 0.29) is 6.42 Å². The number of ether oxygens (including phenoxy) is 2. The Morgan fingerprint density at radius 3 is 2.27 bits per heavy atom. The van der Waals surface area contributed by atoms with Gasteiger partial charge in [0.15, 0.2) is 0 Å². The molecule has 0 saturated carbocycles. The van der Waals surface area contributed by atoms with Gasteiger partial charge in [-0.25, -0.2) is 0 Å². The van der Waals surface area contributed by atoms with Gasteiger partial charge in [0.2, 0.25) is 0 Å². The van der Waals surface area contributed by atoms with Gasteiger partial charge >= 0.3 is 0 Å². The van der Waals surface area contributed by atoms with E-state index in [0.29, 0.717) is 11.5 Å². The molecule has 0 unspecified atom stereocenters. The first-order chi connectivity index (χ1) is 7.30. The standard InChI is InChI=1S/C12H12O3/c1-14-11-7-10(5-3-4-6-13)8-12(9-11)15-2/h6-9H,4H2,1-2H3. The highest BCUT2D eigenvalue weighted by atomic mass is 16.5. The molecular formula is C12H12O3. The Kier molecular flexibility index (Phi) is 4.24. The Bertz CT molecular complexity index is 377. The van der Waals surface area contributed by atoms with Crippen LogP contribution in [0.4, 0.5) is 0 Å². The van der Waals surface area contributed by atoms with Gasteiger partial charge in [-0.2, -0.15) is 0 Å². The molecule has 0 amide bonds. The fourth-order valence-corrected chi connectivity index (χ4v) is 1.07. The van der Waals surface area contributed by atoms with Gasteiger partial charge in [0, 0.05) is 11.6 Å². The zero-order valence-corrected chi connectivity index (χ0v) is 8.74. The fraction of sp³-hybridized carbons (Fsp3) is 0.250. The summed E-state index contributed by atoms with van der Waals surface area (Å²) in [4.78, 5) is 10.1. The van der Waals surface area contributed by atoms with Crippen molar-refractivity contribution in [2.75, 3.05) is 14.2 Å². The van der Waals surface area contributed by atoms with Crippen molar-refractivity contribution in [2.24, 2.45) is 0 Å². The third kappa shape index (κ3) is 3.35. The van der Waals surface area contributed by atoms with E-state index >= 15 is 0 Å². The first-order valence-electron chi connectivity index (χ1n) is 4.45. The molecule has 0 atom stereocenters. The van der Waals surface area contributed by atoms with Crippen LogP contribution in [0.15, 0.2) is 18.2 Å². The summed E-state index contributed by atoms with van der Waals surface area (Å²) in [5.41, 5.74) is 0.771. The summed E-state index contributed by atoms with van der Waals surface area (Å²) in [5, 5.41) is 0. The van der Waals surface area contributed by atoms with Crippen LogP contribution in [0.25, 0.3) is 0 Å². The SMILES string of the molecule is COc1cc(C#CCC=O)cc(OC)c1. The smallest absolute Gasteiger partial charge is 0.131 e. The van der Waals surface area contributed by atoms with Crippen molar-refractivity contribution in [1.82, 2.24) is 0 Å². The van der Waals surface area contributed by atoms with Gasteiger partial charge < -0.3 is 14.3 Å². The monoisotopic (exact) mass is 204 g/mol. The zero-order chi connectivity index (χ0) is 11.1. The average Bonchev–Trinajstić information content (AvgIpc) is 2.29. The van der Waals surface area contributed by atoms with Crippen molar-refractivity contribution in [2.45, 2.75) is 6.42 Å². The lowest BCUT2D eigenvalue weighted by atomic mass is 10.2. The molecule has 1 aromatic rings. The number of hydrogen-bond acceptors (Lipinski definition) is 3. The van der Waals surface area contributed by atoms with Crippen LogP contribution in [0.5, 0.6) is 11.5 Å². The molecule has 0 fully saturated rings. The molecule has 78 valence electrons. The molecule has 0 aromatic heterocycles. The summed E-state index contributed by atoms with van der Waals surface area (Å²) in [7, 11) is 3.16. The summed E-state index contributed by atoms with van der Waals surface area (Å²) in [5.74, 6) is 6.95. The molecular weight excluding hydrogens is 192 g/mol. The number of carbonyl (C=O) groups excluding carboxylic acids is 1. The number of benzene rings is 1. The largest absolute Gasteiger partial charge is 0.497 e. The van der Waals surface area contributed by atoms with E-state index in [0.717, 1.165) is 11.8 Å². The summed E-state index contributed by atoms with van der Waals surface area (Å²) in [6, 6.07) is 5.35. The highest BCUT2D eigenvalue weighted by Crippen LogP contribution is 2.21. The lowest BCUT2D eigenvalue weighted by Crippen LogP contribution is -1.88. The Hall–Kier alpha value is -1.95. The minimum atomic E-state index is 0.236. The molecule has 0 aliphatic carbocycles. The molecule has 0 N–H and O–H groups in total. The number of aldehydes is 1. The van der Waals surface area contributed by atoms with Crippen molar-refractivity contribution in [3.8, 4) is 23.3 Å². The van der Waals surface area contributed by atoms with E-state index in [9.17, 15) is 4.79 Å². The van der Waals surface area contributed by atoms with E-state index in [1.165, 1.54) is 0 Å². The highest BCUT2D eigenvalue weighted by molar-refractivity contribution is 5.55. The van der Waals surface area contributed by atoms with E-state index < -0.39 is 0 Å². The summed E-state index contributed by atoms with van der Waals surface area (Å²) in [6.45, 7) is 0. The third-order valence-corrected chi connectivity index (χ3v) is 1.77. The molecule has 0 aliphatic rings. The second-order valence-electron chi connectivity index (χ2n) is 2.77. The number of hydrogen-bond donors (Lipinski definition) is 0. The maximum Gasteiger partial charge on any atom is 0.131 e. The molecule has 0 bridgehead atoms. The van der Waals surface area contributed by atoms with Crippen LogP contribution in [0.3, 0.4) is 0 Å². The van der Waals surface area contributed by atoms with E-state index in [2.05, 4.69) is 11.8 Å². The normalized spacial score (nSPS) is 8.67. The predicted molar refractivity (Wildman–Crippen MR) is 57.1 cm³/mol. The van der Waals surface area contributed by atoms with Crippen LogP contribution in [0, 0.1) is 11.8 Å². The second kappa shape index (κ2) is 5.71. The molecule has 3 heteroatoms. The van der Waals surface area contributed by atoms with Gasteiger partial charge in [-0.1, -0.05) is 11.8 Å². The average molecular weight is 204 g/mol. The minimum absolute atomic E-state index is 0.236. The van der Waals surface area contributed by atoms with E-state index in [1.807, 2.05) is 0 Å². The predicted octanol–water partition coefficient (Wildman–Crippen LogP) is 1.64. The Morgan fingerprint density at radius 2 is 1.80 bits per heavy atom. The maximum atomic E-state index is 10.1. The summed E-state index contributed by atoms with van der Waals surface area (Å²) in [6.07, 6.45) is 1.00. The van der Waals surface area contributed by atoms with Gasteiger partial charge in [0.1, 0.15) is 17.8 Å². The highest BCUT2D eigenvalue weighted by Gasteiger charge is 1.98. The van der Waals surface area contributed by atoms with Gasteiger partial charge in [0.05, 0.1) is 20.6 Å². The van der Waals surface area contributed by atoms with Crippen molar-refractivity contribution >= 4 is 6.29 Å². The molecule has 1 rings (SSSR count). The Balaban J connectivity index is 2.97. The third-order valence-electron chi connectivity index (χ3n) is 1.77. The Labute approximate surface area is 89.0 Å². The van der Waals surface area contributed by atoms with Gasteiger partial charge in [-0.3, -0.25) is 0 Å². The summed E-state index contributed by atoms with van der Waals surface area (Å²) < 4.78 is 10.2.